The molecule has 0 atom stereocenters. The van der Waals surface area contributed by atoms with E-state index in [-0.39, 0.29) is 17.7 Å². The van der Waals surface area contributed by atoms with Gasteiger partial charge in [-0.3, -0.25) is 4.79 Å². The summed E-state index contributed by atoms with van der Waals surface area (Å²) in [7, 11) is 1.14. The Bertz CT molecular complexity index is 459. The Hall–Kier alpha value is -1.99. The van der Waals surface area contributed by atoms with E-state index in [0.29, 0.717) is 0 Å². The molecule has 1 N–H and O–H groups in total. The van der Waals surface area contributed by atoms with E-state index in [1.807, 2.05) is 0 Å². The van der Waals surface area contributed by atoms with Crippen LogP contribution < -0.4 is 4.74 Å². The number of nitrogens with zero attached hydrogens (tertiary/aromatic N) is 1. The first-order valence-electron chi connectivity index (χ1n) is 4.75. The van der Waals surface area contributed by atoms with Crippen molar-refractivity contribution in [1.29, 1.82) is 0 Å². The van der Waals surface area contributed by atoms with Gasteiger partial charge in [0, 0.05) is 0 Å². The van der Waals surface area contributed by atoms with Crippen LogP contribution in [0.2, 0.25) is 0 Å². The van der Waals surface area contributed by atoms with Crippen molar-refractivity contribution in [3.05, 3.63) is 17.3 Å². The molecule has 100 valence electrons. The number of esters is 1. The summed E-state index contributed by atoms with van der Waals surface area (Å²) in [5.74, 6) is -2.37. The average molecular weight is 265 g/mol. The number of hydrogen-bond donors (Lipinski definition) is 1. The summed E-state index contributed by atoms with van der Waals surface area (Å²) in [5.41, 5.74) is 0.125. The molecule has 0 unspecified atom stereocenters. The minimum Gasteiger partial charge on any atom is -0.503 e. The largest absolute Gasteiger partial charge is 0.574 e. The van der Waals surface area contributed by atoms with Gasteiger partial charge in [0.15, 0.2) is 5.75 Å². The Balaban J connectivity index is 3.06. The van der Waals surface area contributed by atoms with Crippen molar-refractivity contribution in [2.75, 3.05) is 7.11 Å². The second kappa shape index (κ2) is 5.11. The first-order chi connectivity index (χ1) is 8.23. The van der Waals surface area contributed by atoms with Crippen LogP contribution in [0.4, 0.5) is 13.2 Å². The molecule has 1 aromatic heterocycles. The lowest BCUT2D eigenvalue weighted by Gasteiger charge is -2.12. The molecular weight excluding hydrogens is 255 g/mol. The highest BCUT2D eigenvalue weighted by Gasteiger charge is 2.33. The van der Waals surface area contributed by atoms with Gasteiger partial charge in [0.1, 0.15) is 0 Å². The summed E-state index contributed by atoms with van der Waals surface area (Å²) in [5, 5.41) is 9.37. The van der Waals surface area contributed by atoms with Gasteiger partial charge in [0.05, 0.1) is 19.2 Å². The summed E-state index contributed by atoms with van der Waals surface area (Å²) in [6.45, 7) is 1.36. The van der Waals surface area contributed by atoms with E-state index in [2.05, 4.69) is 14.5 Å². The normalized spacial score (nSPS) is 11.2. The SMILES string of the molecule is COC(=O)Cc1cc(C)c(O)c(OC(F)(F)F)n1. The number of aromatic nitrogens is 1. The highest BCUT2D eigenvalue weighted by atomic mass is 19.4. The van der Waals surface area contributed by atoms with Crippen LogP contribution in [0.5, 0.6) is 11.6 Å². The number of carbonyl (C=O) groups excluding carboxylic acids is 1. The van der Waals surface area contributed by atoms with Gasteiger partial charge in [-0.15, -0.1) is 13.2 Å². The predicted octanol–water partition coefficient (Wildman–Crippen LogP) is 1.71. The van der Waals surface area contributed by atoms with Crippen LogP contribution in [0.15, 0.2) is 6.07 Å². The van der Waals surface area contributed by atoms with Gasteiger partial charge < -0.3 is 14.6 Å². The van der Waals surface area contributed by atoms with Gasteiger partial charge in [-0.1, -0.05) is 0 Å². The average Bonchev–Trinajstić information content (AvgIpc) is 2.23. The summed E-state index contributed by atoms with van der Waals surface area (Å²) in [6, 6.07) is 1.27. The first-order valence-corrected chi connectivity index (χ1v) is 4.75. The lowest BCUT2D eigenvalue weighted by Crippen LogP contribution is -2.19. The van der Waals surface area contributed by atoms with Crippen molar-refractivity contribution >= 4 is 5.97 Å². The third-order valence-corrected chi connectivity index (χ3v) is 1.97. The molecular formula is C10H10F3NO4. The number of hydrogen-bond acceptors (Lipinski definition) is 5. The maximum atomic E-state index is 12.0. The molecule has 5 nitrogen and oxygen atoms in total. The smallest absolute Gasteiger partial charge is 0.503 e. The van der Waals surface area contributed by atoms with Crippen LogP contribution in [0.25, 0.3) is 0 Å². The monoisotopic (exact) mass is 265 g/mol. The number of pyridine rings is 1. The molecule has 1 rings (SSSR count). The second-order valence-corrected chi connectivity index (χ2v) is 3.38. The maximum absolute atomic E-state index is 12.0. The van der Waals surface area contributed by atoms with E-state index < -0.39 is 24.0 Å². The number of alkyl halides is 3. The van der Waals surface area contributed by atoms with Crippen LogP contribution in [-0.2, 0) is 16.0 Å². The van der Waals surface area contributed by atoms with E-state index in [9.17, 15) is 23.1 Å². The molecule has 0 aliphatic rings. The molecule has 0 aromatic carbocycles. The van der Waals surface area contributed by atoms with E-state index in [1.165, 1.54) is 13.0 Å². The molecule has 18 heavy (non-hydrogen) atoms. The number of methoxy groups -OCH3 is 1. The highest BCUT2D eigenvalue weighted by molar-refractivity contribution is 5.72. The fourth-order valence-corrected chi connectivity index (χ4v) is 1.19. The van der Waals surface area contributed by atoms with Crippen LogP contribution in [-0.4, -0.2) is 29.5 Å². The summed E-state index contributed by atoms with van der Waals surface area (Å²) < 4.78 is 44.1. The van der Waals surface area contributed by atoms with E-state index in [4.69, 9.17) is 0 Å². The number of aryl methyl sites for hydroxylation is 1. The second-order valence-electron chi connectivity index (χ2n) is 3.38. The van der Waals surface area contributed by atoms with Crippen molar-refractivity contribution in [2.24, 2.45) is 0 Å². The molecule has 8 heteroatoms. The molecule has 0 aliphatic carbocycles. The van der Waals surface area contributed by atoms with Crippen LogP contribution in [0, 0.1) is 6.92 Å². The standard InChI is InChI=1S/C10H10F3NO4/c1-5-3-6(4-7(15)17-2)14-9(8(5)16)18-10(11,12)13/h3,16H,4H2,1-2H3. The lowest BCUT2D eigenvalue weighted by atomic mass is 10.2. The number of rotatable bonds is 3. The summed E-state index contributed by atoms with van der Waals surface area (Å²) >= 11 is 0. The zero-order valence-corrected chi connectivity index (χ0v) is 9.54. The molecule has 0 spiro atoms. The molecule has 0 amide bonds. The summed E-state index contributed by atoms with van der Waals surface area (Å²) in [4.78, 5) is 14.4. The summed E-state index contributed by atoms with van der Waals surface area (Å²) in [6.07, 6.45) is -5.29. The molecule has 1 heterocycles. The van der Waals surface area contributed by atoms with Gasteiger partial charge in [-0.2, -0.15) is 0 Å². The molecule has 0 fully saturated rings. The molecule has 0 aliphatic heterocycles. The fraction of sp³-hybridized carbons (Fsp3) is 0.400. The van der Waals surface area contributed by atoms with Gasteiger partial charge in [-0.25, -0.2) is 4.98 Å². The topological polar surface area (TPSA) is 68.7 Å². The first kappa shape index (κ1) is 14.1. The molecule has 0 saturated heterocycles. The number of carbonyl (C=O) groups is 1. The Morgan fingerprint density at radius 1 is 1.50 bits per heavy atom. The predicted molar refractivity (Wildman–Crippen MR) is 53.0 cm³/mol. The van der Waals surface area contributed by atoms with E-state index in [0.717, 1.165) is 7.11 Å². The third-order valence-electron chi connectivity index (χ3n) is 1.97. The zero-order chi connectivity index (χ0) is 13.9. The zero-order valence-electron chi connectivity index (χ0n) is 9.54. The van der Waals surface area contributed by atoms with Crippen molar-refractivity contribution < 1.29 is 32.5 Å². The molecule has 0 bridgehead atoms. The number of halogens is 3. The molecule has 0 radical (unpaired) electrons. The lowest BCUT2D eigenvalue weighted by molar-refractivity contribution is -0.276. The molecule has 1 aromatic rings. The quantitative estimate of drug-likeness (QED) is 0.842. The van der Waals surface area contributed by atoms with Crippen molar-refractivity contribution in [3.8, 4) is 11.6 Å². The number of ether oxygens (including phenoxy) is 2. The minimum atomic E-state index is -4.97. The number of aromatic hydroxyl groups is 1. The highest BCUT2D eigenvalue weighted by Crippen LogP contribution is 2.32. The maximum Gasteiger partial charge on any atom is 0.574 e. The van der Waals surface area contributed by atoms with Crippen LogP contribution in [0.1, 0.15) is 11.3 Å². The van der Waals surface area contributed by atoms with Crippen molar-refractivity contribution in [2.45, 2.75) is 19.7 Å². The minimum absolute atomic E-state index is 0.0106. The van der Waals surface area contributed by atoms with Crippen molar-refractivity contribution in [3.63, 3.8) is 0 Å². The van der Waals surface area contributed by atoms with E-state index >= 15 is 0 Å². The Morgan fingerprint density at radius 2 is 2.11 bits per heavy atom. The van der Waals surface area contributed by atoms with Crippen LogP contribution >= 0.6 is 0 Å². The Morgan fingerprint density at radius 3 is 2.61 bits per heavy atom. The van der Waals surface area contributed by atoms with E-state index in [1.54, 1.807) is 0 Å². The van der Waals surface area contributed by atoms with Gasteiger partial charge in [0.25, 0.3) is 5.88 Å². The van der Waals surface area contributed by atoms with Crippen LogP contribution in [0.3, 0.4) is 0 Å². The van der Waals surface area contributed by atoms with Gasteiger partial charge in [-0.05, 0) is 18.6 Å². The molecule has 0 saturated carbocycles. The fourth-order valence-electron chi connectivity index (χ4n) is 1.19. The Kier molecular flexibility index (Phi) is 4.00. The van der Waals surface area contributed by atoms with Gasteiger partial charge >= 0.3 is 12.3 Å². The van der Waals surface area contributed by atoms with Gasteiger partial charge in [0.2, 0.25) is 0 Å². The third kappa shape index (κ3) is 3.79. The van der Waals surface area contributed by atoms with Crippen molar-refractivity contribution in [1.82, 2.24) is 4.98 Å². The Labute approximate surface area is 100 Å².